The SMILES string of the molecule is CCNc1nc(Oc2cccc(Cl)c2Cl)c2ccsc2n1. The quantitative estimate of drug-likeness (QED) is 0.707. The van der Waals surface area contributed by atoms with Gasteiger partial charge in [-0.25, -0.2) is 4.98 Å². The molecular weight excluding hydrogens is 329 g/mol. The average Bonchev–Trinajstić information content (AvgIpc) is 2.93. The van der Waals surface area contributed by atoms with Crippen LogP contribution in [0, 0.1) is 0 Å². The van der Waals surface area contributed by atoms with Gasteiger partial charge in [0.2, 0.25) is 11.8 Å². The zero-order chi connectivity index (χ0) is 14.8. The van der Waals surface area contributed by atoms with E-state index in [1.165, 1.54) is 11.3 Å². The van der Waals surface area contributed by atoms with Gasteiger partial charge in [0.15, 0.2) is 0 Å². The molecule has 0 atom stereocenters. The van der Waals surface area contributed by atoms with Gasteiger partial charge in [0.05, 0.1) is 10.4 Å². The molecule has 0 bridgehead atoms. The summed E-state index contributed by atoms with van der Waals surface area (Å²) in [4.78, 5) is 9.67. The van der Waals surface area contributed by atoms with E-state index in [2.05, 4.69) is 15.3 Å². The Hall–Kier alpha value is -1.56. The van der Waals surface area contributed by atoms with Gasteiger partial charge < -0.3 is 10.1 Å². The lowest BCUT2D eigenvalue weighted by Gasteiger charge is -2.10. The lowest BCUT2D eigenvalue weighted by molar-refractivity contribution is 0.469. The number of hydrogen-bond donors (Lipinski definition) is 1. The van der Waals surface area contributed by atoms with E-state index in [-0.39, 0.29) is 0 Å². The summed E-state index contributed by atoms with van der Waals surface area (Å²) in [7, 11) is 0. The van der Waals surface area contributed by atoms with Gasteiger partial charge in [-0.3, -0.25) is 0 Å². The van der Waals surface area contributed by atoms with Crippen LogP contribution in [0.4, 0.5) is 5.95 Å². The number of rotatable bonds is 4. The molecule has 1 aromatic carbocycles. The van der Waals surface area contributed by atoms with E-state index in [4.69, 9.17) is 27.9 Å². The van der Waals surface area contributed by atoms with Crippen molar-refractivity contribution in [2.24, 2.45) is 0 Å². The molecule has 21 heavy (non-hydrogen) atoms. The summed E-state index contributed by atoms with van der Waals surface area (Å²) in [6.07, 6.45) is 0. The predicted molar refractivity (Wildman–Crippen MR) is 88.1 cm³/mol. The lowest BCUT2D eigenvalue weighted by Crippen LogP contribution is -2.03. The fraction of sp³-hybridized carbons (Fsp3) is 0.143. The second-order valence-electron chi connectivity index (χ2n) is 4.18. The summed E-state index contributed by atoms with van der Waals surface area (Å²) < 4.78 is 5.85. The number of fused-ring (bicyclic) bond motifs is 1. The molecule has 0 saturated carbocycles. The second-order valence-corrected chi connectivity index (χ2v) is 5.86. The highest BCUT2D eigenvalue weighted by atomic mass is 35.5. The van der Waals surface area contributed by atoms with Crippen molar-refractivity contribution in [3.8, 4) is 11.6 Å². The number of hydrogen-bond acceptors (Lipinski definition) is 5. The molecule has 0 aliphatic rings. The van der Waals surface area contributed by atoms with Gasteiger partial charge in [-0.15, -0.1) is 11.3 Å². The summed E-state index contributed by atoms with van der Waals surface area (Å²) in [5.41, 5.74) is 0. The van der Waals surface area contributed by atoms with E-state index >= 15 is 0 Å². The maximum atomic E-state index is 6.16. The zero-order valence-electron chi connectivity index (χ0n) is 11.1. The number of halogens is 2. The molecule has 0 unspecified atom stereocenters. The van der Waals surface area contributed by atoms with Gasteiger partial charge >= 0.3 is 0 Å². The highest BCUT2D eigenvalue weighted by molar-refractivity contribution is 7.16. The van der Waals surface area contributed by atoms with Crippen molar-refractivity contribution in [2.75, 3.05) is 11.9 Å². The fourth-order valence-corrected chi connectivity index (χ4v) is 2.90. The van der Waals surface area contributed by atoms with E-state index in [1.807, 2.05) is 18.4 Å². The molecule has 2 heterocycles. The van der Waals surface area contributed by atoms with Crippen molar-refractivity contribution < 1.29 is 4.74 Å². The first-order valence-electron chi connectivity index (χ1n) is 6.30. The smallest absolute Gasteiger partial charge is 0.232 e. The molecule has 3 rings (SSSR count). The van der Waals surface area contributed by atoms with Crippen molar-refractivity contribution >= 4 is 50.7 Å². The third-order valence-corrected chi connectivity index (χ3v) is 4.36. The second kappa shape index (κ2) is 6.05. The largest absolute Gasteiger partial charge is 0.437 e. The Morgan fingerprint density at radius 3 is 2.90 bits per heavy atom. The Bertz CT molecular complexity index is 791. The van der Waals surface area contributed by atoms with Crippen molar-refractivity contribution in [3.05, 3.63) is 39.7 Å². The van der Waals surface area contributed by atoms with Crippen molar-refractivity contribution in [1.29, 1.82) is 0 Å². The summed E-state index contributed by atoms with van der Waals surface area (Å²) in [6.45, 7) is 2.71. The lowest BCUT2D eigenvalue weighted by atomic mass is 10.3. The first-order chi connectivity index (χ1) is 10.2. The van der Waals surface area contributed by atoms with Crippen LogP contribution in [0.15, 0.2) is 29.6 Å². The van der Waals surface area contributed by atoms with E-state index in [9.17, 15) is 0 Å². The van der Waals surface area contributed by atoms with Crippen LogP contribution in [0.2, 0.25) is 10.0 Å². The maximum Gasteiger partial charge on any atom is 0.232 e. The van der Waals surface area contributed by atoms with Gasteiger partial charge in [-0.2, -0.15) is 4.98 Å². The molecule has 0 fully saturated rings. The van der Waals surface area contributed by atoms with Crippen LogP contribution in [0.3, 0.4) is 0 Å². The van der Waals surface area contributed by atoms with E-state index in [1.54, 1.807) is 18.2 Å². The number of ether oxygens (including phenoxy) is 1. The molecule has 0 spiro atoms. The maximum absolute atomic E-state index is 6.16. The van der Waals surface area contributed by atoms with Gasteiger partial charge in [0, 0.05) is 6.54 Å². The molecule has 0 radical (unpaired) electrons. The Morgan fingerprint density at radius 1 is 1.24 bits per heavy atom. The molecule has 3 aromatic rings. The average molecular weight is 340 g/mol. The summed E-state index contributed by atoms with van der Waals surface area (Å²) in [6, 6.07) is 7.16. The Morgan fingerprint density at radius 2 is 2.10 bits per heavy atom. The Balaban J connectivity index is 2.06. The highest BCUT2D eigenvalue weighted by Gasteiger charge is 2.13. The van der Waals surface area contributed by atoms with Gasteiger partial charge in [0.25, 0.3) is 0 Å². The number of nitrogens with one attached hydrogen (secondary N) is 1. The molecule has 2 aromatic heterocycles. The molecule has 1 N–H and O–H groups in total. The summed E-state index contributed by atoms with van der Waals surface area (Å²) >= 11 is 13.7. The van der Waals surface area contributed by atoms with Gasteiger partial charge in [-0.1, -0.05) is 29.3 Å². The third kappa shape index (κ3) is 2.90. The van der Waals surface area contributed by atoms with Crippen molar-refractivity contribution in [2.45, 2.75) is 6.92 Å². The molecule has 0 amide bonds. The number of thiophene rings is 1. The topological polar surface area (TPSA) is 47.0 Å². The first kappa shape index (κ1) is 14.4. The number of aromatic nitrogens is 2. The Kier molecular flexibility index (Phi) is 4.14. The van der Waals surface area contributed by atoms with Crippen LogP contribution in [0.25, 0.3) is 10.2 Å². The zero-order valence-corrected chi connectivity index (χ0v) is 13.4. The fourth-order valence-electron chi connectivity index (χ4n) is 1.81. The van der Waals surface area contributed by atoms with Crippen LogP contribution >= 0.6 is 34.5 Å². The van der Waals surface area contributed by atoms with E-state index in [0.29, 0.717) is 27.6 Å². The minimum absolute atomic E-state index is 0.367. The Labute approximate surface area is 135 Å². The molecule has 7 heteroatoms. The van der Waals surface area contributed by atoms with Crippen LogP contribution in [-0.4, -0.2) is 16.5 Å². The van der Waals surface area contributed by atoms with Crippen LogP contribution < -0.4 is 10.1 Å². The molecule has 0 saturated heterocycles. The van der Waals surface area contributed by atoms with Gasteiger partial charge in [0.1, 0.15) is 15.6 Å². The minimum atomic E-state index is 0.367. The summed E-state index contributed by atoms with van der Waals surface area (Å²) in [5, 5.41) is 6.69. The number of benzene rings is 1. The normalized spacial score (nSPS) is 10.8. The molecule has 0 aliphatic carbocycles. The number of anilines is 1. The van der Waals surface area contributed by atoms with Crippen LogP contribution in [0.5, 0.6) is 11.6 Å². The minimum Gasteiger partial charge on any atom is -0.437 e. The van der Waals surface area contributed by atoms with Gasteiger partial charge in [-0.05, 0) is 30.5 Å². The first-order valence-corrected chi connectivity index (χ1v) is 7.93. The van der Waals surface area contributed by atoms with E-state index < -0.39 is 0 Å². The van der Waals surface area contributed by atoms with Crippen molar-refractivity contribution in [1.82, 2.24) is 9.97 Å². The molecule has 108 valence electrons. The van der Waals surface area contributed by atoms with E-state index in [0.717, 1.165) is 16.8 Å². The standard InChI is InChI=1S/C14H11Cl2N3OS/c1-2-17-14-18-12(8-6-7-21-13(8)19-14)20-10-5-3-4-9(15)11(10)16/h3-7H,2H2,1H3,(H,17,18,19). The van der Waals surface area contributed by atoms with Crippen LogP contribution in [-0.2, 0) is 0 Å². The van der Waals surface area contributed by atoms with Crippen molar-refractivity contribution in [3.63, 3.8) is 0 Å². The number of nitrogens with zero attached hydrogens (tertiary/aromatic N) is 2. The van der Waals surface area contributed by atoms with Crippen LogP contribution in [0.1, 0.15) is 6.92 Å². The summed E-state index contributed by atoms with van der Waals surface area (Å²) in [5.74, 6) is 1.46. The molecular formula is C14H11Cl2N3OS. The predicted octanol–water partition coefficient (Wildman–Crippen LogP) is 5.22. The highest BCUT2D eigenvalue weighted by Crippen LogP contribution is 2.37. The monoisotopic (exact) mass is 339 g/mol. The molecule has 4 nitrogen and oxygen atoms in total. The third-order valence-electron chi connectivity index (χ3n) is 2.75. The molecule has 0 aliphatic heterocycles.